The second-order valence-electron chi connectivity index (χ2n) is 5.92. The highest BCUT2D eigenvalue weighted by Gasteiger charge is 2.19. The van der Waals surface area contributed by atoms with Crippen molar-refractivity contribution in [2.45, 2.75) is 26.3 Å². The van der Waals surface area contributed by atoms with Gasteiger partial charge in [-0.25, -0.2) is 0 Å². The first-order chi connectivity index (χ1) is 13.0. The zero-order chi connectivity index (χ0) is 19.4. The average molecular weight is 448 g/mol. The fraction of sp³-hybridized carbons (Fsp3) is 0.211. The molecule has 0 aliphatic rings. The van der Waals surface area contributed by atoms with Gasteiger partial charge in [0.05, 0.1) is 8.66 Å². The molecule has 1 unspecified atom stereocenters. The number of carbonyl (C=O) groups is 2. The molecule has 27 heavy (non-hydrogen) atoms. The Labute approximate surface area is 169 Å². The van der Waals surface area contributed by atoms with Crippen molar-refractivity contribution >= 4 is 45.0 Å². The molecule has 3 rings (SSSR count). The molecule has 2 amide bonds. The van der Waals surface area contributed by atoms with Gasteiger partial charge in [0.2, 0.25) is 11.8 Å². The number of nitrogens with one attached hydrogen (secondary N) is 2. The van der Waals surface area contributed by atoms with Gasteiger partial charge in [0.1, 0.15) is 11.7 Å². The van der Waals surface area contributed by atoms with Crippen LogP contribution in [0.15, 0.2) is 50.8 Å². The highest BCUT2D eigenvalue weighted by molar-refractivity contribution is 9.11. The molecule has 1 atom stereocenters. The predicted molar refractivity (Wildman–Crippen MR) is 109 cm³/mol. The third kappa shape index (κ3) is 4.84. The van der Waals surface area contributed by atoms with Crippen LogP contribution in [0.1, 0.15) is 29.1 Å². The molecule has 140 valence electrons. The fourth-order valence-electron chi connectivity index (χ4n) is 2.38. The van der Waals surface area contributed by atoms with E-state index in [0.29, 0.717) is 10.6 Å². The Kier molecular flexibility index (Phi) is 6.08. The number of hydrogen-bond acceptors (Lipinski definition) is 5. The summed E-state index contributed by atoms with van der Waals surface area (Å²) in [7, 11) is 0. The highest BCUT2D eigenvalue weighted by atomic mass is 79.9. The van der Waals surface area contributed by atoms with E-state index in [1.807, 2.05) is 24.3 Å². The van der Waals surface area contributed by atoms with Crippen molar-refractivity contribution in [1.29, 1.82) is 0 Å². The van der Waals surface area contributed by atoms with Crippen LogP contribution in [0.25, 0.3) is 11.3 Å². The Bertz CT molecular complexity index is 949. The van der Waals surface area contributed by atoms with E-state index in [1.54, 1.807) is 25.1 Å². The number of carbonyl (C=O) groups excluding carboxylic acids is 2. The lowest BCUT2D eigenvalue weighted by atomic mass is 10.1. The van der Waals surface area contributed by atoms with Crippen LogP contribution in [-0.4, -0.2) is 23.0 Å². The summed E-state index contributed by atoms with van der Waals surface area (Å²) in [4.78, 5) is 25.0. The van der Waals surface area contributed by atoms with E-state index in [2.05, 4.69) is 38.6 Å². The smallest absolute Gasteiger partial charge is 0.262 e. The quantitative estimate of drug-likeness (QED) is 0.582. The van der Waals surface area contributed by atoms with Crippen molar-refractivity contribution in [3.8, 4) is 11.3 Å². The Balaban J connectivity index is 1.60. The number of aromatic nitrogens is 1. The van der Waals surface area contributed by atoms with E-state index < -0.39 is 6.04 Å². The number of amides is 2. The normalized spacial score (nSPS) is 11.8. The Morgan fingerprint density at radius 1 is 1.22 bits per heavy atom. The number of nitrogens with zero attached hydrogens (tertiary/aromatic N) is 1. The topological polar surface area (TPSA) is 84.2 Å². The molecule has 3 aromatic rings. The van der Waals surface area contributed by atoms with E-state index in [4.69, 9.17) is 4.52 Å². The van der Waals surface area contributed by atoms with Gasteiger partial charge in [-0.3, -0.25) is 14.9 Å². The van der Waals surface area contributed by atoms with E-state index >= 15 is 0 Å². The maximum Gasteiger partial charge on any atom is 0.262 e. The molecule has 1 aromatic carbocycles. The predicted octanol–water partition coefficient (Wildman–Crippen LogP) is 4.49. The molecular formula is C19H18BrN3O3S. The van der Waals surface area contributed by atoms with Crippen LogP contribution in [0, 0.1) is 0 Å². The van der Waals surface area contributed by atoms with Crippen LogP contribution in [-0.2, 0) is 11.2 Å². The molecule has 2 aromatic heterocycles. The summed E-state index contributed by atoms with van der Waals surface area (Å²) in [5.41, 5.74) is 2.77. The fourth-order valence-corrected chi connectivity index (χ4v) is 3.67. The molecular weight excluding hydrogens is 430 g/mol. The molecule has 8 heteroatoms. The Morgan fingerprint density at radius 3 is 2.59 bits per heavy atom. The molecule has 0 aliphatic heterocycles. The lowest BCUT2D eigenvalue weighted by molar-refractivity contribution is -0.117. The van der Waals surface area contributed by atoms with Gasteiger partial charge in [-0.1, -0.05) is 36.3 Å². The van der Waals surface area contributed by atoms with E-state index in [1.165, 1.54) is 16.9 Å². The van der Waals surface area contributed by atoms with Gasteiger partial charge < -0.3 is 9.84 Å². The minimum Gasteiger partial charge on any atom is -0.340 e. The average Bonchev–Trinajstić information content (AvgIpc) is 3.31. The van der Waals surface area contributed by atoms with Crippen LogP contribution < -0.4 is 10.6 Å². The third-order valence-corrected chi connectivity index (χ3v) is 5.57. The molecule has 2 heterocycles. The summed E-state index contributed by atoms with van der Waals surface area (Å²) in [5, 5.41) is 9.27. The monoisotopic (exact) mass is 447 g/mol. The van der Waals surface area contributed by atoms with Crippen molar-refractivity contribution in [2.24, 2.45) is 0 Å². The summed E-state index contributed by atoms with van der Waals surface area (Å²) in [6, 6.07) is 12.4. The molecule has 0 spiro atoms. The molecule has 6 nitrogen and oxygen atoms in total. The summed E-state index contributed by atoms with van der Waals surface area (Å²) < 4.78 is 6.04. The lowest BCUT2D eigenvalue weighted by Gasteiger charge is -2.11. The van der Waals surface area contributed by atoms with Crippen molar-refractivity contribution in [3.05, 3.63) is 56.7 Å². The van der Waals surface area contributed by atoms with E-state index in [9.17, 15) is 9.59 Å². The van der Waals surface area contributed by atoms with Crippen molar-refractivity contribution in [1.82, 2.24) is 10.5 Å². The second kappa shape index (κ2) is 8.49. The first-order valence-electron chi connectivity index (χ1n) is 8.39. The molecule has 0 saturated heterocycles. The lowest BCUT2D eigenvalue weighted by Crippen LogP contribution is -2.41. The van der Waals surface area contributed by atoms with Crippen LogP contribution in [0.2, 0.25) is 0 Å². The number of rotatable bonds is 6. The van der Waals surface area contributed by atoms with Gasteiger partial charge in [0.25, 0.3) is 5.91 Å². The molecule has 0 aliphatic carbocycles. The second-order valence-corrected chi connectivity index (χ2v) is 8.38. The standard InChI is InChI=1S/C19H18BrN3O3S/c1-3-12-4-6-13(7-5-12)14-10-17(26-23-14)22-18(24)11(2)21-19(25)15-8-9-16(20)27-15/h4-11H,3H2,1-2H3,(H,21,25)(H,22,24). The SMILES string of the molecule is CCc1ccc(-c2cc(NC(=O)C(C)NC(=O)c3ccc(Br)s3)on2)cc1. The van der Waals surface area contributed by atoms with Crippen LogP contribution in [0.4, 0.5) is 5.88 Å². The number of hydrogen-bond donors (Lipinski definition) is 2. The van der Waals surface area contributed by atoms with Crippen molar-refractivity contribution in [3.63, 3.8) is 0 Å². The van der Waals surface area contributed by atoms with Gasteiger partial charge >= 0.3 is 0 Å². The minimum atomic E-state index is -0.726. The van der Waals surface area contributed by atoms with E-state index in [-0.39, 0.29) is 17.7 Å². The summed E-state index contributed by atoms with van der Waals surface area (Å²) in [6.45, 7) is 3.70. The summed E-state index contributed by atoms with van der Waals surface area (Å²) >= 11 is 4.61. The maximum absolute atomic E-state index is 12.3. The summed E-state index contributed by atoms with van der Waals surface area (Å²) in [6.07, 6.45) is 0.965. The van der Waals surface area contributed by atoms with Gasteiger partial charge in [0.15, 0.2) is 0 Å². The minimum absolute atomic E-state index is 0.231. The van der Waals surface area contributed by atoms with Crippen molar-refractivity contribution in [2.75, 3.05) is 5.32 Å². The number of thiophene rings is 1. The largest absolute Gasteiger partial charge is 0.340 e. The first kappa shape index (κ1) is 19.3. The first-order valence-corrected chi connectivity index (χ1v) is 10.0. The van der Waals surface area contributed by atoms with Crippen LogP contribution in [0.3, 0.4) is 0 Å². The van der Waals surface area contributed by atoms with Gasteiger partial charge in [0, 0.05) is 11.6 Å². The number of anilines is 1. The molecule has 2 N–H and O–H groups in total. The zero-order valence-corrected chi connectivity index (χ0v) is 17.2. The highest BCUT2D eigenvalue weighted by Crippen LogP contribution is 2.23. The van der Waals surface area contributed by atoms with Crippen LogP contribution in [0.5, 0.6) is 0 Å². The molecule has 0 fully saturated rings. The molecule has 0 saturated carbocycles. The third-order valence-electron chi connectivity index (χ3n) is 3.95. The maximum atomic E-state index is 12.3. The van der Waals surface area contributed by atoms with Crippen LogP contribution >= 0.6 is 27.3 Å². The summed E-state index contributed by atoms with van der Waals surface area (Å²) in [5.74, 6) is -0.458. The molecule has 0 radical (unpaired) electrons. The number of halogens is 1. The van der Waals surface area contributed by atoms with Gasteiger partial charge in [-0.2, -0.15) is 0 Å². The van der Waals surface area contributed by atoms with Gasteiger partial charge in [-0.05, 0) is 47.0 Å². The molecule has 0 bridgehead atoms. The van der Waals surface area contributed by atoms with Crippen molar-refractivity contribution < 1.29 is 14.1 Å². The zero-order valence-electron chi connectivity index (χ0n) is 14.8. The Morgan fingerprint density at radius 2 is 1.96 bits per heavy atom. The van der Waals surface area contributed by atoms with Gasteiger partial charge in [-0.15, -0.1) is 11.3 Å². The van der Waals surface area contributed by atoms with E-state index in [0.717, 1.165) is 15.8 Å². The number of aryl methyl sites for hydroxylation is 1. The number of benzene rings is 1. The Hall–Kier alpha value is -2.45.